The molecule has 2 fully saturated rings. The van der Waals surface area contributed by atoms with Gasteiger partial charge < -0.3 is 9.80 Å². The first kappa shape index (κ1) is 24.3. The molecule has 2 aromatic carbocycles. The Bertz CT molecular complexity index is 1260. The molecule has 6 rings (SSSR count). The Hall–Kier alpha value is -4.04. The molecule has 0 aliphatic carbocycles. The molecule has 0 spiro atoms. The van der Waals surface area contributed by atoms with E-state index in [9.17, 15) is 4.79 Å². The van der Waals surface area contributed by atoms with Gasteiger partial charge in [-0.05, 0) is 42.2 Å². The smallest absolute Gasteiger partial charge is 0.227 e. The number of hydrogen-bond acceptors (Lipinski definition) is 6. The second-order valence-electron chi connectivity index (χ2n) is 10.1. The van der Waals surface area contributed by atoms with Crippen molar-refractivity contribution in [3.05, 3.63) is 102 Å². The van der Waals surface area contributed by atoms with Crippen molar-refractivity contribution in [3.8, 4) is 5.82 Å². The lowest BCUT2D eigenvalue weighted by Gasteiger charge is -2.42. The Labute approximate surface area is 223 Å². The van der Waals surface area contributed by atoms with Gasteiger partial charge in [0.05, 0.1) is 12.0 Å². The van der Waals surface area contributed by atoms with Crippen molar-refractivity contribution < 1.29 is 4.79 Å². The summed E-state index contributed by atoms with van der Waals surface area (Å²) >= 11 is 0. The predicted octanol–water partition coefficient (Wildman–Crippen LogP) is 3.81. The van der Waals surface area contributed by atoms with Crippen molar-refractivity contribution in [2.24, 2.45) is 5.92 Å². The van der Waals surface area contributed by atoms with E-state index in [0.717, 1.165) is 51.4 Å². The van der Waals surface area contributed by atoms with E-state index >= 15 is 0 Å². The zero-order valence-electron chi connectivity index (χ0n) is 21.5. The molecule has 1 unspecified atom stereocenters. The molecule has 2 aliphatic rings. The molecule has 2 aliphatic heterocycles. The summed E-state index contributed by atoms with van der Waals surface area (Å²) in [5, 5.41) is 13.0. The molecule has 2 aromatic heterocycles. The third-order valence-corrected chi connectivity index (χ3v) is 7.69. The third-order valence-electron chi connectivity index (χ3n) is 7.69. The lowest BCUT2D eigenvalue weighted by molar-refractivity contribution is -0.137. The molecule has 1 atom stereocenters. The summed E-state index contributed by atoms with van der Waals surface area (Å²) in [7, 11) is 0. The molecular formula is C30H33N7O. The molecule has 0 radical (unpaired) electrons. The maximum Gasteiger partial charge on any atom is 0.227 e. The largest absolute Gasteiger partial charge is 0.354 e. The summed E-state index contributed by atoms with van der Waals surface area (Å²) < 4.78 is 1.69. The van der Waals surface area contributed by atoms with Crippen LogP contribution in [-0.2, 0) is 4.79 Å². The Morgan fingerprint density at radius 3 is 2.03 bits per heavy atom. The van der Waals surface area contributed by atoms with Crippen LogP contribution in [0.3, 0.4) is 0 Å². The minimum atomic E-state index is -0.0121. The molecule has 4 aromatic rings. The minimum Gasteiger partial charge on any atom is -0.354 e. The highest BCUT2D eigenvalue weighted by Crippen LogP contribution is 2.30. The minimum absolute atomic E-state index is 0.0121. The van der Waals surface area contributed by atoms with Crippen LogP contribution in [-0.4, -0.2) is 75.0 Å². The first-order chi connectivity index (χ1) is 18.8. The number of nitrogens with zero attached hydrogens (tertiary/aromatic N) is 7. The number of rotatable bonds is 6. The second kappa shape index (κ2) is 11.1. The van der Waals surface area contributed by atoms with Crippen molar-refractivity contribution in [1.82, 2.24) is 29.8 Å². The third kappa shape index (κ3) is 5.17. The molecule has 2 saturated heterocycles. The number of carbonyl (C=O) groups excluding carboxylic acids is 1. The Balaban J connectivity index is 1.09. The molecule has 8 heteroatoms. The number of aromatic nitrogens is 4. The Morgan fingerprint density at radius 2 is 1.42 bits per heavy atom. The van der Waals surface area contributed by atoms with Gasteiger partial charge in [0.25, 0.3) is 0 Å². The van der Waals surface area contributed by atoms with Crippen LogP contribution in [0.5, 0.6) is 0 Å². The summed E-state index contributed by atoms with van der Waals surface area (Å²) in [6.07, 6.45) is 5.47. The highest BCUT2D eigenvalue weighted by atomic mass is 16.2. The highest BCUT2D eigenvalue weighted by molar-refractivity contribution is 5.80. The SMILES string of the molecule is O=C(C1CCCN(c2ccc(-n3cccn3)nn2)C1)N1CCN(C(c2ccccc2)c2ccccc2)CC1. The first-order valence-corrected chi connectivity index (χ1v) is 13.5. The molecule has 4 heterocycles. The summed E-state index contributed by atoms with van der Waals surface area (Å²) in [4.78, 5) is 20.4. The normalized spacial score (nSPS) is 18.6. The van der Waals surface area contributed by atoms with E-state index in [2.05, 4.69) is 90.7 Å². The maximum absolute atomic E-state index is 13.6. The van der Waals surface area contributed by atoms with Gasteiger partial charge in [0.2, 0.25) is 5.91 Å². The van der Waals surface area contributed by atoms with Gasteiger partial charge >= 0.3 is 0 Å². The average Bonchev–Trinajstić information content (AvgIpc) is 3.54. The van der Waals surface area contributed by atoms with E-state index in [1.54, 1.807) is 10.9 Å². The van der Waals surface area contributed by atoms with Crippen LogP contribution in [0.25, 0.3) is 5.82 Å². The number of piperazine rings is 1. The number of amides is 1. The quantitative estimate of drug-likeness (QED) is 0.395. The van der Waals surface area contributed by atoms with Crippen LogP contribution < -0.4 is 4.90 Å². The van der Waals surface area contributed by atoms with Gasteiger partial charge in [0.1, 0.15) is 0 Å². The number of benzene rings is 2. The van der Waals surface area contributed by atoms with E-state index in [-0.39, 0.29) is 17.9 Å². The zero-order valence-corrected chi connectivity index (χ0v) is 21.5. The fourth-order valence-corrected chi connectivity index (χ4v) is 5.74. The van der Waals surface area contributed by atoms with E-state index in [4.69, 9.17) is 0 Å². The standard InChI is InChI=1S/C30H33N7O/c38-30(26-13-7-17-36(23-26)27-14-15-28(33-32-27)37-18-8-16-31-37)35-21-19-34(20-22-35)29(24-9-3-1-4-10-24)25-11-5-2-6-12-25/h1-6,8-12,14-16,18,26,29H,7,13,17,19-23H2. The monoisotopic (exact) mass is 507 g/mol. The Kier molecular flexibility index (Phi) is 7.13. The first-order valence-electron chi connectivity index (χ1n) is 13.5. The van der Waals surface area contributed by atoms with Gasteiger partial charge in [-0.3, -0.25) is 9.69 Å². The van der Waals surface area contributed by atoms with Crippen molar-refractivity contribution in [1.29, 1.82) is 0 Å². The van der Waals surface area contributed by atoms with Crippen LogP contribution in [0, 0.1) is 5.92 Å². The van der Waals surface area contributed by atoms with Gasteiger partial charge in [0, 0.05) is 51.7 Å². The van der Waals surface area contributed by atoms with Gasteiger partial charge in [-0.25, -0.2) is 4.68 Å². The van der Waals surface area contributed by atoms with E-state index in [1.807, 2.05) is 24.4 Å². The van der Waals surface area contributed by atoms with Crippen molar-refractivity contribution >= 4 is 11.7 Å². The van der Waals surface area contributed by atoms with Gasteiger partial charge in [0.15, 0.2) is 11.6 Å². The average molecular weight is 508 g/mol. The number of carbonyl (C=O) groups is 1. The van der Waals surface area contributed by atoms with E-state index in [1.165, 1.54) is 11.1 Å². The molecule has 8 nitrogen and oxygen atoms in total. The molecule has 38 heavy (non-hydrogen) atoms. The predicted molar refractivity (Wildman–Crippen MR) is 147 cm³/mol. The van der Waals surface area contributed by atoms with Crippen LogP contribution in [0.1, 0.15) is 30.0 Å². The lowest BCUT2D eigenvalue weighted by atomic mass is 9.95. The van der Waals surface area contributed by atoms with Crippen LogP contribution in [0.15, 0.2) is 91.3 Å². The summed E-state index contributed by atoms with van der Waals surface area (Å²) in [6, 6.07) is 27.3. The molecular weight excluding hydrogens is 474 g/mol. The fraction of sp³-hybridized carbons (Fsp3) is 0.333. The van der Waals surface area contributed by atoms with E-state index < -0.39 is 0 Å². The van der Waals surface area contributed by atoms with Crippen molar-refractivity contribution in [2.45, 2.75) is 18.9 Å². The van der Waals surface area contributed by atoms with Gasteiger partial charge in [-0.15, -0.1) is 10.2 Å². The van der Waals surface area contributed by atoms with Crippen molar-refractivity contribution in [2.75, 3.05) is 44.2 Å². The van der Waals surface area contributed by atoms with Crippen LogP contribution >= 0.6 is 0 Å². The summed E-state index contributed by atoms with van der Waals surface area (Å²) in [6.45, 7) is 4.80. The van der Waals surface area contributed by atoms with Gasteiger partial charge in [-0.2, -0.15) is 5.10 Å². The summed E-state index contributed by atoms with van der Waals surface area (Å²) in [5.41, 5.74) is 2.59. The number of hydrogen-bond donors (Lipinski definition) is 0. The molecule has 0 saturated carbocycles. The fourth-order valence-electron chi connectivity index (χ4n) is 5.74. The Morgan fingerprint density at radius 1 is 0.763 bits per heavy atom. The topological polar surface area (TPSA) is 70.4 Å². The molecule has 0 bridgehead atoms. The van der Waals surface area contributed by atoms with Crippen molar-refractivity contribution in [3.63, 3.8) is 0 Å². The second-order valence-corrected chi connectivity index (χ2v) is 10.1. The lowest BCUT2D eigenvalue weighted by Crippen LogP contribution is -2.53. The molecule has 0 N–H and O–H groups in total. The molecule has 1 amide bonds. The molecule has 194 valence electrons. The number of piperidine rings is 1. The maximum atomic E-state index is 13.6. The van der Waals surface area contributed by atoms with Crippen LogP contribution in [0.4, 0.5) is 5.82 Å². The highest BCUT2D eigenvalue weighted by Gasteiger charge is 2.33. The van der Waals surface area contributed by atoms with Gasteiger partial charge in [-0.1, -0.05) is 60.7 Å². The number of anilines is 1. The van der Waals surface area contributed by atoms with Crippen LogP contribution in [0.2, 0.25) is 0 Å². The summed E-state index contributed by atoms with van der Waals surface area (Å²) in [5.74, 6) is 1.76. The zero-order chi connectivity index (χ0) is 25.7. The van der Waals surface area contributed by atoms with E-state index in [0.29, 0.717) is 12.4 Å².